The number of rotatable bonds is 6. The van der Waals surface area contributed by atoms with Crippen molar-refractivity contribution in [2.75, 3.05) is 17.3 Å². The lowest BCUT2D eigenvalue weighted by Gasteiger charge is -2.13. The highest BCUT2D eigenvalue weighted by Crippen LogP contribution is 2.24. The summed E-state index contributed by atoms with van der Waals surface area (Å²) in [5.74, 6) is -2.49. The highest BCUT2D eigenvalue weighted by molar-refractivity contribution is 7.90. The molecule has 1 amide bonds. The number of benzene rings is 1. The van der Waals surface area contributed by atoms with Crippen molar-refractivity contribution in [3.05, 3.63) is 23.8 Å². The molecular weight excluding hydrogens is 300 g/mol. The van der Waals surface area contributed by atoms with Crippen molar-refractivity contribution < 1.29 is 28.2 Å². The predicted octanol–water partition coefficient (Wildman–Crippen LogP) is -0.209. The van der Waals surface area contributed by atoms with E-state index in [2.05, 4.69) is 5.32 Å². The molecule has 1 atom stereocenters. The summed E-state index contributed by atoms with van der Waals surface area (Å²) in [6.45, 7) is 0. The van der Waals surface area contributed by atoms with Crippen LogP contribution in [-0.2, 0) is 14.6 Å². The van der Waals surface area contributed by atoms with Crippen LogP contribution in [0.1, 0.15) is 16.8 Å². The summed E-state index contributed by atoms with van der Waals surface area (Å²) in [6.07, 6.45) is 0.948. The largest absolute Gasteiger partial charge is 0.506 e. The van der Waals surface area contributed by atoms with Crippen molar-refractivity contribution in [3.8, 4) is 5.75 Å². The maximum absolute atomic E-state index is 11.8. The first-order valence-corrected chi connectivity index (χ1v) is 7.96. The molecule has 5 N–H and O–H groups in total. The minimum atomic E-state index is -3.24. The summed E-state index contributed by atoms with van der Waals surface area (Å²) >= 11 is 0. The molecule has 1 aromatic rings. The summed E-state index contributed by atoms with van der Waals surface area (Å²) in [6, 6.07) is 2.30. The van der Waals surface area contributed by atoms with Crippen LogP contribution in [0.3, 0.4) is 0 Å². The van der Waals surface area contributed by atoms with Gasteiger partial charge in [-0.05, 0) is 24.6 Å². The first-order valence-electron chi connectivity index (χ1n) is 5.90. The Balaban J connectivity index is 2.78. The standard InChI is InChI=1S/C12H16N2O6S/c1-21(19,20)5-4-8(13)11(16)14-9-6-7(12(17)18)2-3-10(9)15/h2-3,6,8,15H,4-5,13H2,1H3,(H,14,16)(H,17,18). The predicted molar refractivity (Wildman–Crippen MR) is 76.0 cm³/mol. The smallest absolute Gasteiger partial charge is 0.335 e. The van der Waals surface area contributed by atoms with Gasteiger partial charge in [-0.2, -0.15) is 0 Å². The van der Waals surface area contributed by atoms with Crippen LogP contribution in [0.15, 0.2) is 18.2 Å². The third kappa shape index (κ3) is 5.40. The number of phenolic OH excluding ortho intramolecular Hbond substituents is 1. The van der Waals surface area contributed by atoms with Crippen LogP contribution in [0.25, 0.3) is 0 Å². The second kappa shape index (κ2) is 6.55. The van der Waals surface area contributed by atoms with Crippen LogP contribution >= 0.6 is 0 Å². The van der Waals surface area contributed by atoms with Crippen molar-refractivity contribution in [1.82, 2.24) is 0 Å². The molecule has 1 aromatic carbocycles. The molecule has 0 heterocycles. The molecule has 1 unspecified atom stereocenters. The van der Waals surface area contributed by atoms with E-state index < -0.39 is 27.8 Å². The second-order valence-corrected chi connectivity index (χ2v) is 6.81. The zero-order valence-corrected chi connectivity index (χ0v) is 12.1. The number of hydrogen-bond donors (Lipinski definition) is 4. The van der Waals surface area contributed by atoms with Gasteiger partial charge in [0.2, 0.25) is 5.91 Å². The zero-order valence-electron chi connectivity index (χ0n) is 11.2. The van der Waals surface area contributed by atoms with Gasteiger partial charge < -0.3 is 21.3 Å². The highest BCUT2D eigenvalue weighted by Gasteiger charge is 2.18. The van der Waals surface area contributed by atoms with Gasteiger partial charge in [-0.1, -0.05) is 0 Å². The Labute approximate surface area is 121 Å². The molecule has 0 saturated heterocycles. The lowest BCUT2D eigenvalue weighted by Crippen LogP contribution is -2.37. The number of nitrogens with two attached hydrogens (primary N) is 1. The van der Waals surface area contributed by atoms with Crippen LogP contribution < -0.4 is 11.1 Å². The van der Waals surface area contributed by atoms with Gasteiger partial charge in [0, 0.05) is 6.26 Å². The molecule has 0 saturated carbocycles. The normalized spacial score (nSPS) is 12.7. The number of hydrogen-bond acceptors (Lipinski definition) is 6. The quantitative estimate of drug-likeness (QED) is 0.531. The van der Waals surface area contributed by atoms with E-state index in [-0.39, 0.29) is 29.2 Å². The molecule has 0 aliphatic carbocycles. The van der Waals surface area contributed by atoms with Crippen LogP contribution in [0.4, 0.5) is 5.69 Å². The zero-order chi connectivity index (χ0) is 16.2. The fourth-order valence-electron chi connectivity index (χ4n) is 1.47. The number of carboxylic acids is 1. The van der Waals surface area contributed by atoms with Crippen LogP contribution in [-0.4, -0.2) is 48.6 Å². The number of carboxylic acid groups (broad SMARTS) is 1. The molecule has 8 nitrogen and oxygen atoms in total. The van der Waals surface area contributed by atoms with E-state index in [9.17, 15) is 23.1 Å². The van der Waals surface area contributed by atoms with Crippen molar-refractivity contribution in [2.24, 2.45) is 5.73 Å². The first-order chi connectivity index (χ1) is 9.60. The number of amides is 1. The summed E-state index contributed by atoms with van der Waals surface area (Å²) in [5, 5.41) is 20.7. The molecule has 21 heavy (non-hydrogen) atoms. The van der Waals surface area contributed by atoms with Gasteiger partial charge >= 0.3 is 5.97 Å². The lowest BCUT2D eigenvalue weighted by molar-refractivity contribution is -0.117. The summed E-state index contributed by atoms with van der Waals surface area (Å²) < 4.78 is 22.0. The van der Waals surface area contributed by atoms with Crippen molar-refractivity contribution in [2.45, 2.75) is 12.5 Å². The number of carbonyl (C=O) groups is 2. The first kappa shape index (κ1) is 16.9. The SMILES string of the molecule is CS(=O)(=O)CCC(N)C(=O)Nc1cc(C(=O)O)ccc1O. The fourth-order valence-corrected chi connectivity index (χ4v) is 2.15. The lowest BCUT2D eigenvalue weighted by atomic mass is 10.1. The average molecular weight is 316 g/mol. The monoisotopic (exact) mass is 316 g/mol. The number of sulfone groups is 1. The van der Waals surface area contributed by atoms with Crippen molar-refractivity contribution in [3.63, 3.8) is 0 Å². The van der Waals surface area contributed by atoms with E-state index in [0.29, 0.717) is 0 Å². The molecule has 0 radical (unpaired) electrons. The maximum Gasteiger partial charge on any atom is 0.335 e. The molecular formula is C12H16N2O6S. The summed E-state index contributed by atoms with van der Waals surface area (Å²) in [7, 11) is -3.24. The van der Waals surface area contributed by atoms with E-state index in [4.69, 9.17) is 10.8 Å². The Morgan fingerprint density at radius 1 is 1.38 bits per heavy atom. The molecule has 0 aromatic heterocycles. The van der Waals surface area contributed by atoms with Gasteiger partial charge in [0.05, 0.1) is 23.0 Å². The van der Waals surface area contributed by atoms with Gasteiger partial charge in [0.1, 0.15) is 15.6 Å². The van der Waals surface area contributed by atoms with E-state index in [1.165, 1.54) is 6.07 Å². The van der Waals surface area contributed by atoms with Crippen LogP contribution in [0, 0.1) is 0 Å². The van der Waals surface area contributed by atoms with Gasteiger partial charge in [-0.3, -0.25) is 4.79 Å². The Hall–Kier alpha value is -2.13. The number of nitrogens with one attached hydrogen (secondary N) is 1. The summed E-state index contributed by atoms with van der Waals surface area (Å²) in [4.78, 5) is 22.6. The Morgan fingerprint density at radius 3 is 2.52 bits per heavy atom. The number of carbonyl (C=O) groups excluding carboxylic acids is 1. The Kier molecular flexibility index (Phi) is 5.28. The Morgan fingerprint density at radius 2 is 2.00 bits per heavy atom. The van der Waals surface area contributed by atoms with E-state index in [1.54, 1.807) is 0 Å². The van der Waals surface area contributed by atoms with E-state index >= 15 is 0 Å². The minimum Gasteiger partial charge on any atom is -0.506 e. The number of anilines is 1. The summed E-state index contributed by atoms with van der Waals surface area (Å²) in [5.41, 5.74) is 5.33. The molecule has 0 aliphatic heterocycles. The van der Waals surface area contributed by atoms with Crippen LogP contribution in [0.5, 0.6) is 5.75 Å². The van der Waals surface area contributed by atoms with Crippen molar-refractivity contribution >= 4 is 27.4 Å². The molecule has 0 fully saturated rings. The maximum atomic E-state index is 11.8. The third-order valence-corrected chi connectivity index (χ3v) is 3.62. The van der Waals surface area contributed by atoms with Gasteiger partial charge in [-0.25, -0.2) is 13.2 Å². The van der Waals surface area contributed by atoms with E-state index in [0.717, 1.165) is 18.4 Å². The third-order valence-electron chi connectivity index (χ3n) is 2.64. The molecule has 9 heteroatoms. The molecule has 0 bridgehead atoms. The number of aromatic hydroxyl groups is 1. The van der Waals surface area contributed by atoms with Gasteiger partial charge in [-0.15, -0.1) is 0 Å². The fraction of sp³-hybridized carbons (Fsp3) is 0.333. The molecule has 1 rings (SSSR count). The highest BCUT2D eigenvalue weighted by atomic mass is 32.2. The second-order valence-electron chi connectivity index (χ2n) is 4.55. The molecule has 0 spiro atoms. The average Bonchev–Trinajstić information content (AvgIpc) is 2.37. The molecule has 0 aliphatic rings. The van der Waals surface area contributed by atoms with Crippen molar-refractivity contribution in [1.29, 1.82) is 0 Å². The van der Waals surface area contributed by atoms with Gasteiger partial charge in [0.25, 0.3) is 0 Å². The number of aromatic carboxylic acids is 1. The number of phenols is 1. The van der Waals surface area contributed by atoms with Crippen LogP contribution in [0.2, 0.25) is 0 Å². The molecule has 116 valence electrons. The minimum absolute atomic E-state index is 0.0793. The van der Waals surface area contributed by atoms with E-state index in [1.807, 2.05) is 0 Å². The Bertz CT molecular complexity index is 656. The topological polar surface area (TPSA) is 147 Å². The van der Waals surface area contributed by atoms with Gasteiger partial charge in [0.15, 0.2) is 0 Å².